The summed E-state index contributed by atoms with van der Waals surface area (Å²) in [4.78, 5) is 12.9. The van der Waals surface area contributed by atoms with Gasteiger partial charge >= 0.3 is 0 Å². The molecule has 1 aromatic carbocycles. The summed E-state index contributed by atoms with van der Waals surface area (Å²) in [7, 11) is 0. The molecule has 1 amide bonds. The van der Waals surface area contributed by atoms with Gasteiger partial charge in [0.1, 0.15) is 0 Å². The number of carbonyl (C=O) groups excluding carboxylic acids is 1. The summed E-state index contributed by atoms with van der Waals surface area (Å²) in [5, 5.41) is 9.71. The van der Waals surface area contributed by atoms with Crippen molar-refractivity contribution in [2.24, 2.45) is 0 Å². The molecule has 3 rings (SSSR count). The lowest BCUT2D eigenvalue weighted by molar-refractivity contribution is -0.120. The maximum atomic E-state index is 11.9. The first kappa shape index (κ1) is 15.8. The SMILES string of the molecule is O=C(Cc1cccs1)NCc1ccc(Cn2cc(Cl)cn2)cc1. The summed E-state index contributed by atoms with van der Waals surface area (Å²) in [5.41, 5.74) is 2.21. The zero-order valence-electron chi connectivity index (χ0n) is 12.4. The van der Waals surface area contributed by atoms with E-state index in [4.69, 9.17) is 11.6 Å². The third kappa shape index (κ3) is 4.68. The van der Waals surface area contributed by atoms with Gasteiger partial charge in [-0.05, 0) is 22.6 Å². The molecule has 0 atom stereocenters. The quantitative estimate of drug-likeness (QED) is 0.743. The molecule has 0 fully saturated rings. The molecule has 0 aliphatic rings. The number of thiophene rings is 1. The summed E-state index contributed by atoms with van der Waals surface area (Å²) in [6.45, 7) is 1.22. The Morgan fingerprint density at radius 2 is 2.00 bits per heavy atom. The van der Waals surface area contributed by atoms with Gasteiger partial charge in [-0.2, -0.15) is 5.10 Å². The van der Waals surface area contributed by atoms with Crippen LogP contribution in [0.15, 0.2) is 54.2 Å². The molecule has 3 aromatic rings. The minimum Gasteiger partial charge on any atom is -0.352 e. The van der Waals surface area contributed by atoms with Crippen molar-refractivity contribution in [3.63, 3.8) is 0 Å². The van der Waals surface area contributed by atoms with Crippen molar-refractivity contribution in [1.82, 2.24) is 15.1 Å². The van der Waals surface area contributed by atoms with E-state index in [1.165, 1.54) is 0 Å². The van der Waals surface area contributed by atoms with E-state index in [1.54, 1.807) is 28.4 Å². The second-order valence-corrected chi connectivity index (χ2v) is 6.67. The van der Waals surface area contributed by atoms with Crippen LogP contribution in [0.1, 0.15) is 16.0 Å². The zero-order valence-corrected chi connectivity index (χ0v) is 14.0. The molecule has 23 heavy (non-hydrogen) atoms. The topological polar surface area (TPSA) is 46.9 Å². The summed E-state index contributed by atoms with van der Waals surface area (Å²) in [5.74, 6) is 0.0442. The number of hydrogen-bond acceptors (Lipinski definition) is 3. The first-order valence-corrected chi connectivity index (χ1v) is 8.50. The highest BCUT2D eigenvalue weighted by atomic mass is 35.5. The van der Waals surface area contributed by atoms with Crippen LogP contribution < -0.4 is 5.32 Å². The van der Waals surface area contributed by atoms with E-state index in [9.17, 15) is 4.79 Å². The van der Waals surface area contributed by atoms with Crippen LogP contribution in [0.5, 0.6) is 0 Å². The van der Waals surface area contributed by atoms with Gasteiger partial charge in [-0.25, -0.2) is 0 Å². The molecule has 2 aromatic heterocycles. The van der Waals surface area contributed by atoms with Crippen LogP contribution in [0.3, 0.4) is 0 Å². The minimum atomic E-state index is 0.0442. The number of nitrogens with zero attached hydrogens (tertiary/aromatic N) is 2. The maximum absolute atomic E-state index is 11.9. The van der Waals surface area contributed by atoms with Crippen molar-refractivity contribution in [1.29, 1.82) is 0 Å². The van der Waals surface area contributed by atoms with Gasteiger partial charge < -0.3 is 5.32 Å². The smallest absolute Gasteiger partial charge is 0.225 e. The van der Waals surface area contributed by atoms with E-state index >= 15 is 0 Å². The average molecular weight is 346 g/mol. The van der Waals surface area contributed by atoms with Crippen LogP contribution in [0.2, 0.25) is 5.02 Å². The third-order valence-electron chi connectivity index (χ3n) is 3.37. The Hall–Kier alpha value is -2.11. The van der Waals surface area contributed by atoms with Gasteiger partial charge in [0.15, 0.2) is 0 Å². The normalized spacial score (nSPS) is 10.7. The van der Waals surface area contributed by atoms with Crippen LogP contribution in [0, 0.1) is 0 Å². The molecule has 0 radical (unpaired) electrons. The summed E-state index contributed by atoms with van der Waals surface area (Å²) < 4.78 is 1.79. The lowest BCUT2D eigenvalue weighted by Crippen LogP contribution is -2.24. The molecule has 0 spiro atoms. The molecule has 2 heterocycles. The van der Waals surface area contributed by atoms with Crippen LogP contribution in [-0.4, -0.2) is 15.7 Å². The number of nitrogens with one attached hydrogen (secondary N) is 1. The minimum absolute atomic E-state index is 0.0442. The van der Waals surface area contributed by atoms with Gasteiger partial charge in [0.2, 0.25) is 5.91 Å². The van der Waals surface area contributed by atoms with Crippen molar-refractivity contribution >= 4 is 28.8 Å². The number of halogens is 1. The van der Waals surface area contributed by atoms with E-state index in [0.29, 0.717) is 24.5 Å². The van der Waals surface area contributed by atoms with E-state index < -0.39 is 0 Å². The predicted molar refractivity (Wildman–Crippen MR) is 92.7 cm³/mol. The van der Waals surface area contributed by atoms with Crippen LogP contribution in [-0.2, 0) is 24.3 Å². The maximum Gasteiger partial charge on any atom is 0.225 e. The zero-order chi connectivity index (χ0) is 16.1. The first-order chi connectivity index (χ1) is 11.2. The highest BCUT2D eigenvalue weighted by Gasteiger charge is 2.04. The van der Waals surface area contributed by atoms with E-state index in [0.717, 1.165) is 16.0 Å². The molecule has 0 saturated carbocycles. The fourth-order valence-corrected chi connectivity index (χ4v) is 3.07. The van der Waals surface area contributed by atoms with Gasteiger partial charge in [0, 0.05) is 17.6 Å². The number of carbonyl (C=O) groups is 1. The molecule has 0 bridgehead atoms. The van der Waals surface area contributed by atoms with E-state index in [1.807, 2.05) is 41.8 Å². The number of hydrogen-bond donors (Lipinski definition) is 1. The molecule has 118 valence electrons. The standard InChI is InChI=1S/C17H16ClN3OS/c18-15-10-20-21(12-15)11-14-5-3-13(4-6-14)9-19-17(22)8-16-2-1-7-23-16/h1-7,10,12H,8-9,11H2,(H,19,22). The first-order valence-electron chi connectivity index (χ1n) is 7.24. The van der Waals surface area contributed by atoms with Gasteiger partial charge in [0.25, 0.3) is 0 Å². The van der Waals surface area contributed by atoms with Gasteiger partial charge in [0.05, 0.1) is 24.2 Å². The Kier molecular flexibility index (Phi) is 5.10. The van der Waals surface area contributed by atoms with Crippen molar-refractivity contribution in [2.45, 2.75) is 19.5 Å². The molecule has 6 heteroatoms. The number of amides is 1. The highest BCUT2D eigenvalue weighted by Crippen LogP contribution is 2.11. The number of aromatic nitrogens is 2. The molecule has 0 aliphatic carbocycles. The molecule has 0 aliphatic heterocycles. The highest BCUT2D eigenvalue weighted by molar-refractivity contribution is 7.10. The summed E-state index contributed by atoms with van der Waals surface area (Å²) in [6, 6.07) is 12.0. The van der Waals surface area contributed by atoms with Crippen LogP contribution in [0.25, 0.3) is 0 Å². The largest absolute Gasteiger partial charge is 0.352 e. The van der Waals surface area contributed by atoms with Crippen LogP contribution in [0.4, 0.5) is 0 Å². The van der Waals surface area contributed by atoms with Crippen LogP contribution >= 0.6 is 22.9 Å². The van der Waals surface area contributed by atoms with E-state index in [-0.39, 0.29) is 5.91 Å². The van der Waals surface area contributed by atoms with Crippen molar-refractivity contribution in [3.8, 4) is 0 Å². The monoisotopic (exact) mass is 345 g/mol. The lowest BCUT2D eigenvalue weighted by atomic mass is 10.1. The summed E-state index contributed by atoms with van der Waals surface area (Å²) >= 11 is 7.45. The molecule has 0 unspecified atom stereocenters. The summed E-state index contributed by atoms with van der Waals surface area (Å²) in [6.07, 6.45) is 3.86. The molecule has 1 N–H and O–H groups in total. The molecular weight excluding hydrogens is 330 g/mol. The second kappa shape index (κ2) is 7.44. The fraction of sp³-hybridized carbons (Fsp3) is 0.176. The lowest BCUT2D eigenvalue weighted by Gasteiger charge is -2.06. The predicted octanol–water partition coefficient (Wildman–Crippen LogP) is 3.51. The fourth-order valence-electron chi connectivity index (χ4n) is 2.21. The third-order valence-corrected chi connectivity index (χ3v) is 4.45. The molecule has 4 nitrogen and oxygen atoms in total. The Labute approximate surface area is 143 Å². The van der Waals surface area contributed by atoms with Gasteiger partial charge in [-0.15, -0.1) is 11.3 Å². The number of benzene rings is 1. The Bertz CT molecular complexity index is 766. The Morgan fingerprint density at radius 3 is 2.65 bits per heavy atom. The number of rotatable bonds is 6. The van der Waals surface area contributed by atoms with E-state index in [2.05, 4.69) is 10.4 Å². The average Bonchev–Trinajstić information content (AvgIpc) is 3.18. The van der Waals surface area contributed by atoms with Crippen molar-refractivity contribution in [3.05, 3.63) is 75.2 Å². The Balaban J connectivity index is 1.50. The Morgan fingerprint density at radius 1 is 1.22 bits per heavy atom. The second-order valence-electron chi connectivity index (χ2n) is 5.21. The molecule has 0 saturated heterocycles. The van der Waals surface area contributed by atoms with Gasteiger partial charge in [-0.3, -0.25) is 9.48 Å². The van der Waals surface area contributed by atoms with Crippen molar-refractivity contribution in [2.75, 3.05) is 0 Å². The van der Waals surface area contributed by atoms with Gasteiger partial charge in [-0.1, -0.05) is 41.9 Å². The molecular formula is C17H16ClN3OS. The van der Waals surface area contributed by atoms with Crippen molar-refractivity contribution < 1.29 is 4.79 Å².